The number of amides is 1. The summed E-state index contributed by atoms with van der Waals surface area (Å²) in [7, 11) is -4.05. The van der Waals surface area contributed by atoms with E-state index in [1.807, 2.05) is 45.0 Å². The molecule has 1 aromatic heterocycles. The number of hydrazone groups is 1. The smallest absolute Gasteiger partial charge is 0.264 e. The van der Waals surface area contributed by atoms with Gasteiger partial charge < -0.3 is 4.57 Å². The fraction of sp³-hybridized carbons (Fsp3) is 0.172. The highest BCUT2D eigenvalue weighted by atomic mass is 35.5. The second-order valence-electron chi connectivity index (χ2n) is 9.00. The Balaban J connectivity index is 1.58. The molecule has 0 atom stereocenters. The normalized spacial score (nSPS) is 11.6. The van der Waals surface area contributed by atoms with E-state index in [9.17, 15) is 13.2 Å². The van der Waals surface area contributed by atoms with Gasteiger partial charge in [0, 0.05) is 27.7 Å². The van der Waals surface area contributed by atoms with Crippen LogP contribution in [0, 0.1) is 27.7 Å². The summed E-state index contributed by atoms with van der Waals surface area (Å²) in [5, 5.41) is 4.53. The van der Waals surface area contributed by atoms with Gasteiger partial charge in [0.2, 0.25) is 0 Å². The quantitative estimate of drug-likeness (QED) is 0.226. The van der Waals surface area contributed by atoms with Crippen LogP contribution in [0.2, 0.25) is 5.02 Å². The van der Waals surface area contributed by atoms with Crippen LogP contribution in [-0.2, 0) is 14.8 Å². The van der Waals surface area contributed by atoms with Gasteiger partial charge in [0.25, 0.3) is 15.9 Å². The molecule has 0 spiro atoms. The Kier molecular flexibility index (Phi) is 8.04. The number of halogens is 1. The molecule has 0 bridgehead atoms. The Bertz CT molecular complexity index is 1610. The second kappa shape index (κ2) is 11.2. The van der Waals surface area contributed by atoms with Gasteiger partial charge in [0.1, 0.15) is 6.54 Å². The van der Waals surface area contributed by atoms with Crippen LogP contribution in [0.3, 0.4) is 0 Å². The summed E-state index contributed by atoms with van der Waals surface area (Å²) in [6.07, 6.45) is 1.56. The van der Waals surface area contributed by atoms with E-state index >= 15 is 0 Å². The molecule has 4 aromatic rings. The summed E-state index contributed by atoms with van der Waals surface area (Å²) in [5.74, 6) is -0.590. The van der Waals surface area contributed by atoms with Crippen LogP contribution >= 0.6 is 11.6 Å². The molecule has 0 radical (unpaired) electrons. The van der Waals surface area contributed by atoms with Crippen molar-refractivity contribution < 1.29 is 13.2 Å². The Morgan fingerprint density at radius 3 is 2.39 bits per heavy atom. The van der Waals surface area contributed by atoms with E-state index in [4.69, 9.17) is 11.6 Å². The number of rotatable bonds is 8. The number of carbonyl (C=O) groups excluding carboxylic acids is 1. The van der Waals surface area contributed by atoms with Crippen molar-refractivity contribution in [2.75, 3.05) is 10.8 Å². The average Bonchev–Trinajstić information content (AvgIpc) is 3.17. The molecule has 0 saturated carbocycles. The van der Waals surface area contributed by atoms with Gasteiger partial charge in [-0.2, -0.15) is 5.10 Å². The van der Waals surface area contributed by atoms with Crippen LogP contribution < -0.4 is 9.73 Å². The Morgan fingerprint density at radius 1 is 0.974 bits per heavy atom. The lowest BCUT2D eigenvalue weighted by Gasteiger charge is -2.25. The third-order valence-corrected chi connectivity index (χ3v) is 8.43. The fourth-order valence-corrected chi connectivity index (χ4v) is 5.98. The first-order valence-electron chi connectivity index (χ1n) is 12.0. The van der Waals surface area contributed by atoms with E-state index in [-0.39, 0.29) is 4.90 Å². The molecule has 0 aliphatic rings. The van der Waals surface area contributed by atoms with Crippen molar-refractivity contribution in [2.45, 2.75) is 32.6 Å². The molecule has 3 aromatic carbocycles. The van der Waals surface area contributed by atoms with Crippen LogP contribution in [0.25, 0.3) is 5.69 Å². The van der Waals surface area contributed by atoms with E-state index in [0.29, 0.717) is 16.3 Å². The molecule has 38 heavy (non-hydrogen) atoms. The monoisotopic (exact) mass is 548 g/mol. The standard InChI is InChI=1S/C29H29ClN4O3S/c1-20-10-8-11-25(16-20)34-21(2)17-24(23(34)4)18-31-32-29(35)19-33(28-15-9-14-27(30)22(28)3)38(36,37)26-12-6-5-7-13-26/h5-18H,19H2,1-4H3,(H,32,35)/b31-18-. The summed E-state index contributed by atoms with van der Waals surface area (Å²) in [4.78, 5) is 13.0. The Labute approximate surface area is 228 Å². The minimum atomic E-state index is -4.05. The van der Waals surface area contributed by atoms with Gasteiger partial charge in [0.05, 0.1) is 16.8 Å². The highest BCUT2D eigenvalue weighted by Gasteiger charge is 2.28. The molecular formula is C29H29ClN4O3S. The second-order valence-corrected chi connectivity index (χ2v) is 11.3. The number of hydrogen-bond donors (Lipinski definition) is 1. The minimum absolute atomic E-state index is 0.0688. The molecule has 1 amide bonds. The molecule has 0 fully saturated rings. The first-order valence-corrected chi connectivity index (χ1v) is 13.8. The Morgan fingerprint density at radius 2 is 1.68 bits per heavy atom. The van der Waals surface area contributed by atoms with Crippen LogP contribution in [0.4, 0.5) is 5.69 Å². The molecule has 196 valence electrons. The molecule has 9 heteroatoms. The van der Waals surface area contributed by atoms with Crippen molar-refractivity contribution in [3.05, 3.63) is 112 Å². The highest BCUT2D eigenvalue weighted by molar-refractivity contribution is 7.92. The lowest BCUT2D eigenvalue weighted by molar-refractivity contribution is -0.119. The van der Waals surface area contributed by atoms with Crippen molar-refractivity contribution in [3.8, 4) is 5.69 Å². The van der Waals surface area contributed by atoms with Gasteiger partial charge >= 0.3 is 0 Å². The maximum Gasteiger partial charge on any atom is 0.264 e. The van der Waals surface area contributed by atoms with E-state index in [2.05, 4.69) is 21.2 Å². The zero-order valence-corrected chi connectivity index (χ0v) is 23.2. The van der Waals surface area contributed by atoms with E-state index in [1.165, 1.54) is 12.1 Å². The third kappa shape index (κ3) is 5.66. The summed E-state index contributed by atoms with van der Waals surface area (Å²) < 4.78 is 30.2. The molecule has 1 N–H and O–H groups in total. The number of sulfonamides is 1. The summed E-state index contributed by atoms with van der Waals surface area (Å²) in [6, 6.07) is 23.1. The predicted octanol–water partition coefficient (Wildman–Crippen LogP) is 5.71. The molecule has 0 unspecified atom stereocenters. The maximum atomic E-state index is 13.5. The van der Waals surface area contributed by atoms with Crippen LogP contribution in [0.5, 0.6) is 0 Å². The van der Waals surface area contributed by atoms with Gasteiger partial charge in [-0.1, -0.05) is 48.0 Å². The van der Waals surface area contributed by atoms with Gasteiger partial charge in [0.15, 0.2) is 0 Å². The molecular weight excluding hydrogens is 520 g/mol. The molecule has 0 saturated heterocycles. The summed E-state index contributed by atoms with van der Waals surface area (Å²) in [5.41, 5.74) is 8.37. The number of carbonyl (C=O) groups is 1. The van der Waals surface area contributed by atoms with E-state index < -0.39 is 22.5 Å². The zero-order valence-electron chi connectivity index (χ0n) is 21.6. The first-order chi connectivity index (χ1) is 18.1. The van der Waals surface area contributed by atoms with Crippen molar-refractivity contribution in [3.63, 3.8) is 0 Å². The van der Waals surface area contributed by atoms with E-state index in [1.54, 1.807) is 49.5 Å². The lowest BCUT2D eigenvalue weighted by atomic mass is 10.2. The molecule has 0 aliphatic heterocycles. The number of nitrogens with one attached hydrogen (secondary N) is 1. The largest absolute Gasteiger partial charge is 0.318 e. The number of aromatic nitrogens is 1. The molecule has 1 heterocycles. The lowest BCUT2D eigenvalue weighted by Crippen LogP contribution is -2.40. The molecule has 4 rings (SSSR count). The predicted molar refractivity (Wildman–Crippen MR) is 153 cm³/mol. The van der Waals surface area contributed by atoms with Gasteiger partial charge in [-0.3, -0.25) is 9.10 Å². The zero-order chi connectivity index (χ0) is 27.4. The number of hydrogen-bond acceptors (Lipinski definition) is 4. The third-order valence-electron chi connectivity index (χ3n) is 6.25. The van der Waals surface area contributed by atoms with Crippen molar-refractivity contribution >= 4 is 39.4 Å². The van der Waals surface area contributed by atoms with Crippen LogP contribution in [-0.4, -0.2) is 31.7 Å². The van der Waals surface area contributed by atoms with Crippen molar-refractivity contribution in [2.24, 2.45) is 5.10 Å². The van der Waals surface area contributed by atoms with Gasteiger partial charge in [-0.25, -0.2) is 13.8 Å². The topological polar surface area (TPSA) is 83.8 Å². The number of nitrogens with zero attached hydrogens (tertiary/aromatic N) is 3. The van der Waals surface area contributed by atoms with Crippen LogP contribution in [0.15, 0.2) is 88.9 Å². The van der Waals surface area contributed by atoms with E-state index in [0.717, 1.165) is 32.5 Å². The number of aryl methyl sites for hydroxylation is 2. The Hall–Kier alpha value is -3.88. The fourth-order valence-electron chi connectivity index (χ4n) is 4.31. The SMILES string of the molecule is Cc1cccc(-n2c(C)cc(/C=N\NC(=O)CN(c3cccc(Cl)c3C)S(=O)(=O)c3ccccc3)c2C)c1. The average molecular weight is 549 g/mol. The summed E-state index contributed by atoms with van der Waals surface area (Å²) in [6.45, 7) is 7.27. The highest BCUT2D eigenvalue weighted by Crippen LogP contribution is 2.30. The molecule has 7 nitrogen and oxygen atoms in total. The number of anilines is 1. The summed E-state index contributed by atoms with van der Waals surface area (Å²) >= 11 is 6.28. The molecule has 0 aliphatic carbocycles. The first kappa shape index (κ1) is 27.2. The minimum Gasteiger partial charge on any atom is -0.318 e. The van der Waals surface area contributed by atoms with Crippen LogP contribution in [0.1, 0.15) is 28.1 Å². The van der Waals surface area contributed by atoms with Crippen molar-refractivity contribution in [1.82, 2.24) is 9.99 Å². The number of benzene rings is 3. The van der Waals surface area contributed by atoms with Gasteiger partial charge in [-0.15, -0.1) is 0 Å². The maximum absolute atomic E-state index is 13.5. The van der Waals surface area contributed by atoms with Gasteiger partial charge in [-0.05, 0) is 81.3 Å². The van der Waals surface area contributed by atoms with Crippen molar-refractivity contribution in [1.29, 1.82) is 0 Å².